The number of benzene rings is 1. The van der Waals surface area contributed by atoms with E-state index in [0.717, 1.165) is 11.1 Å². The average Bonchev–Trinajstić information content (AvgIpc) is 2.93. The molecule has 0 fully saturated rings. The zero-order valence-corrected chi connectivity index (χ0v) is 11.6. The van der Waals surface area contributed by atoms with Crippen molar-refractivity contribution in [1.29, 1.82) is 0 Å². The van der Waals surface area contributed by atoms with Gasteiger partial charge in [-0.15, -0.1) is 0 Å². The number of rotatable bonds is 5. The molecule has 110 valence electrons. The molecule has 0 saturated carbocycles. The molecule has 2 rings (SSSR count). The summed E-state index contributed by atoms with van der Waals surface area (Å²) in [4.78, 5) is 22.3. The smallest absolute Gasteiger partial charge is 0.371 e. The van der Waals surface area contributed by atoms with Gasteiger partial charge in [-0.3, -0.25) is 0 Å². The van der Waals surface area contributed by atoms with Crippen LogP contribution in [0.5, 0.6) is 0 Å². The number of nitrogens with one attached hydrogen (secondary N) is 2. The minimum atomic E-state index is -1.13. The summed E-state index contributed by atoms with van der Waals surface area (Å²) >= 11 is 0. The van der Waals surface area contributed by atoms with E-state index in [1.807, 2.05) is 31.2 Å². The van der Waals surface area contributed by atoms with Crippen molar-refractivity contribution < 1.29 is 19.1 Å². The molecule has 0 spiro atoms. The summed E-state index contributed by atoms with van der Waals surface area (Å²) < 4.78 is 5.03. The highest BCUT2D eigenvalue weighted by atomic mass is 16.4. The number of carbonyl (C=O) groups is 2. The maximum absolute atomic E-state index is 11.6. The summed E-state index contributed by atoms with van der Waals surface area (Å²) in [6, 6.07) is 10.4. The van der Waals surface area contributed by atoms with E-state index in [2.05, 4.69) is 10.6 Å². The number of amides is 2. The number of carboxylic acids is 1. The number of carboxylic acid groups (broad SMARTS) is 1. The van der Waals surface area contributed by atoms with Crippen molar-refractivity contribution >= 4 is 12.0 Å². The molecule has 2 amide bonds. The summed E-state index contributed by atoms with van der Waals surface area (Å²) in [6.45, 7) is 2.55. The highest BCUT2D eigenvalue weighted by Crippen LogP contribution is 2.07. The predicted molar refractivity (Wildman–Crippen MR) is 75.9 cm³/mol. The van der Waals surface area contributed by atoms with E-state index < -0.39 is 5.97 Å². The average molecular weight is 288 g/mol. The first-order valence-corrected chi connectivity index (χ1v) is 6.44. The molecule has 1 heterocycles. The van der Waals surface area contributed by atoms with E-state index in [0.29, 0.717) is 12.3 Å². The molecule has 3 N–H and O–H groups in total. The van der Waals surface area contributed by atoms with Crippen LogP contribution in [0.4, 0.5) is 4.79 Å². The van der Waals surface area contributed by atoms with Gasteiger partial charge in [0, 0.05) is 6.54 Å². The number of furan rings is 1. The predicted octanol–water partition coefficient (Wildman–Crippen LogP) is 2.29. The van der Waals surface area contributed by atoms with Crippen molar-refractivity contribution in [2.75, 3.05) is 0 Å². The van der Waals surface area contributed by atoms with Crippen LogP contribution in [0.1, 0.15) is 27.4 Å². The van der Waals surface area contributed by atoms with Gasteiger partial charge in [-0.05, 0) is 24.6 Å². The van der Waals surface area contributed by atoms with Crippen LogP contribution in [0.2, 0.25) is 0 Å². The normalized spacial score (nSPS) is 10.1. The summed E-state index contributed by atoms with van der Waals surface area (Å²) in [7, 11) is 0. The van der Waals surface area contributed by atoms with Crippen LogP contribution >= 0.6 is 0 Å². The third kappa shape index (κ3) is 4.38. The first-order chi connectivity index (χ1) is 10.0. The first kappa shape index (κ1) is 14.6. The van der Waals surface area contributed by atoms with Gasteiger partial charge in [0.2, 0.25) is 5.76 Å². The Hall–Kier alpha value is -2.76. The Kier molecular flexibility index (Phi) is 4.61. The molecule has 0 saturated heterocycles. The highest BCUT2D eigenvalue weighted by Gasteiger charge is 2.09. The molecule has 0 unspecified atom stereocenters. The zero-order valence-electron chi connectivity index (χ0n) is 11.6. The van der Waals surface area contributed by atoms with Crippen molar-refractivity contribution in [3.8, 4) is 0 Å². The maximum atomic E-state index is 11.6. The number of urea groups is 1. The molecule has 1 aromatic carbocycles. The fourth-order valence-corrected chi connectivity index (χ4v) is 1.71. The number of aromatic carboxylic acids is 1. The minimum absolute atomic E-state index is 0.132. The molecule has 6 heteroatoms. The SMILES string of the molecule is Cc1ccc(CNC(=O)NCc2ccc(C(=O)O)o2)cc1. The van der Waals surface area contributed by atoms with Gasteiger partial charge in [0.05, 0.1) is 6.54 Å². The summed E-state index contributed by atoms with van der Waals surface area (Å²) in [5.74, 6) is -0.894. The van der Waals surface area contributed by atoms with Crippen molar-refractivity contribution in [2.24, 2.45) is 0 Å². The molecule has 0 aliphatic rings. The van der Waals surface area contributed by atoms with E-state index in [-0.39, 0.29) is 18.3 Å². The van der Waals surface area contributed by atoms with Crippen LogP contribution in [-0.2, 0) is 13.1 Å². The largest absolute Gasteiger partial charge is 0.475 e. The van der Waals surface area contributed by atoms with Crippen LogP contribution in [0, 0.1) is 6.92 Å². The van der Waals surface area contributed by atoms with Gasteiger partial charge >= 0.3 is 12.0 Å². The van der Waals surface area contributed by atoms with E-state index in [1.165, 1.54) is 12.1 Å². The van der Waals surface area contributed by atoms with E-state index in [9.17, 15) is 9.59 Å². The quantitative estimate of drug-likeness (QED) is 0.787. The van der Waals surface area contributed by atoms with Gasteiger partial charge in [0.25, 0.3) is 0 Å². The second kappa shape index (κ2) is 6.60. The van der Waals surface area contributed by atoms with Gasteiger partial charge < -0.3 is 20.2 Å². The van der Waals surface area contributed by atoms with Crippen molar-refractivity contribution in [3.05, 3.63) is 59.0 Å². The Labute approximate surface area is 121 Å². The number of hydrogen-bond donors (Lipinski definition) is 3. The monoisotopic (exact) mass is 288 g/mol. The fraction of sp³-hybridized carbons (Fsp3) is 0.200. The zero-order chi connectivity index (χ0) is 15.2. The van der Waals surface area contributed by atoms with Crippen molar-refractivity contribution in [2.45, 2.75) is 20.0 Å². The molecule has 0 bridgehead atoms. The standard InChI is InChI=1S/C15H16N2O4/c1-10-2-4-11(5-3-10)8-16-15(20)17-9-12-6-7-13(21-12)14(18)19/h2-7H,8-9H2,1H3,(H,18,19)(H2,16,17,20). The molecule has 6 nitrogen and oxygen atoms in total. The van der Waals surface area contributed by atoms with Crippen LogP contribution in [0.15, 0.2) is 40.8 Å². The molecule has 0 aliphatic heterocycles. The molecular formula is C15H16N2O4. The second-order valence-electron chi connectivity index (χ2n) is 4.59. The molecule has 0 radical (unpaired) electrons. The van der Waals surface area contributed by atoms with Gasteiger partial charge in [0.15, 0.2) is 0 Å². The lowest BCUT2D eigenvalue weighted by Gasteiger charge is -2.06. The topological polar surface area (TPSA) is 91.6 Å². The van der Waals surface area contributed by atoms with Crippen LogP contribution < -0.4 is 10.6 Å². The first-order valence-electron chi connectivity index (χ1n) is 6.44. The van der Waals surface area contributed by atoms with Gasteiger partial charge in [-0.1, -0.05) is 29.8 Å². The van der Waals surface area contributed by atoms with E-state index >= 15 is 0 Å². The fourth-order valence-electron chi connectivity index (χ4n) is 1.71. The van der Waals surface area contributed by atoms with Gasteiger partial charge in [0.1, 0.15) is 5.76 Å². The van der Waals surface area contributed by atoms with Crippen LogP contribution in [0.25, 0.3) is 0 Å². The molecule has 21 heavy (non-hydrogen) atoms. The van der Waals surface area contributed by atoms with Crippen LogP contribution in [0.3, 0.4) is 0 Å². The summed E-state index contributed by atoms with van der Waals surface area (Å²) in [5, 5.41) is 14.0. The van der Waals surface area contributed by atoms with E-state index in [1.54, 1.807) is 0 Å². The number of aryl methyl sites for hydroxylation is 1. The highest BCUT2D eigenvalue weighted by molar-refractivity contribution is 5.84. The van der Waals surface area contributed by atoms with Crippen molar-refractivity contribution in [1.82, 2.24) is 10.6 Å². The number of hydrogen-bond acceptors (Lipinski definition) is 3. The third-order valence-electron chi connectivity index (χ3n) is 2.87. The number of carbonyl (C=O) groups excluding carboxylic acids is 1. The third-order valence-corrected chi connectivity index (χ3v) is 2.87. The van der Waals surface area contributed by atoms with Gasteiger partial charge in [-0.2, -0.15) is 0 Å². The van der Waals surface area contributed by atoms with E-state index in [4.69, 9.17) is 9.52 Å². The lowest BCUT2D eigenvalue weighted by molar-refractivity contribution is 0.0660. The molecule has 0 atom stereocenters. The molecule has 2 aromatic rings. The Morgan fingerprint density at radius 1 is 1.05 bits per heavy atom. The van der Waals surface area contributed by atoms with Crippen molar-refractivity contribution in [3.63, 3.8) is 0 Å². The second-order valence-corrected chi connectivity index (χ2v) is 4.59. The summed E-state index contributed by atoms with van der Waals surface area (Å²) in [6.07, 6.45) is 0. The minimum Gasteiger partial charge on any atom is -0.475 e. The summed E-state index contributed by atoms with van der Waals surface area (Å²) in [5.41, 5.74) is 2.16. The Morgan fingerprint density at radius 3 is 2.33 bits per heavy atom. The Balaban J connectivity index is 1.76. The lowest BCUT2D eigenvalue weighted by atomic mass is 10.1. The molecule has 0 aliphatic carbocycles. The Morgan fingerprint density at radius 2 is 1.71 bits per heavy atom. The van der Waals surface area contributed by atoms with Crippen LogP contribution in [-0.4, -0.2) is 17.1 Å². The molecular weight excluding hydrogens is 272 g/mol. The Bertz CT molecular complexity index is 631. The maximum Gasteiger partial charge on any atom is 0.371 e. The van der Waals surface area contributed by atoms with Gasteiger partial charge in [-0.25, -0.2) is 9.59 Å². The lowest BCUT2D eigenvalue weighted by Crippen LogP contribution is -2.34. The molecule has 1 aromatic heterocycles.